The van der Waals surface area contributed by atoms with E-state index >= 15 is 0 Å². The normalized spacial score (nSPS) is 14.0. The van der Waals surface area contributed by atoms with Crippen molar-refractivity contribution in [3.8, 4) is 0 Å². The summed E-state index contributed by atoms with van der Waals surface area (Å²) in [6.07, 6.45) is 5.88. The minimum Gasteiger partial charge on any atom is -0.423 e. The molecule has 106 valence electrons. The number of hydrogen-bond acceptors (Lipinski definition) is 2. The molecule has 0 unspecified atom stereocenters. The van der Waals surface area contributed by atoms with Gasteiger partial charge in [0.25, 0.3) is 0 Å². The van der Waals surface area contributed by atoms with Crippen LogP contribution in [0, 0.1) is 0 Å². The fourth-order valence-electron chi connectivity index (χ4n) is 3.48. The van der Waals surface area contributed by atoms with Gasteiger partial charge < -0.3 is 9.40 Å². The molecule has 0 aliphatic heterocycles. The fraction of sp³-hybridized carbons (Fsp3) is 0.105. The Labute approximate surface area is 125 Å². The average Bonchev–Trinajstić information content (AvgIpc) is 2.91. The molecule has 3 heteroatoms. The highest BCUT2D eigenvalue weighted by molar-refractivity contribution is 6.12. The van der Waals surface area contributed by atoms with E-state index in [9.17, 15) is 4.79 Å². The summed E-state index contributed by atoms with van der Waals surface area (Å²) in [5.41, 5.74) is 2.95. The Kier molecular flexibility index (Phi) is 2.20. The van der Waals surface area contributed by atoms with Crippen LogP contribution in [-0.2, 0) is 6.42 Å². The summed E-state index contributed by atoms with van der Waals surface area (Å²) in [6, 6.07) is 12.3. The minimum absolute atomic E-state index is 0.263. The van der Waals surface area contributed by atoms with Crippen LogP contribution in [0.3, 0.4) is 0 Å². The molecule has 0 radical (unpaired) electrons. The van der Waals surface area contributed by atoms with Gasteiger partial charge in [-0.1, -0.05) is 24.3 Å². The Bertz CT molecular complexity index is 1140. The molecule has 2 aromatic heterocycles. The summed E-state index contributed by atoms with van der Waals surface area (Å²) in [5.74, 6) is 0.711. The topological polar surface area (TPSA) is 46.0 Å². The van der Waals surface area contributed by atoms with Crippen LogP contribution >= 0.6 is 0 Å². The van der Waals surface area contributed by atoms with Crippen LogP contribution in [0.4, 0.5) is 0 Å². The number of H-pyrrole nitrogens is 1. The number of allylic oxidation sites excluding steroid dienone is 1. The third kappa shape index (κ3) is 1.48. The molecule has 5 rings (SSSR count). The minimum atomic E-state index is -0.263. The van der Waals surface area contributed by atoms with E-state index in [0.29, 0.717) is 11.1 Å². The zero-order valence-electron chi connectivity index (χ0n) is 11.8. The second-order valence-corrected chi connectivity index (χ2v) is 5.79. The number of benzene rings is 2. The first-order valence-corrected chi connectivity index (χ1v) is 7.48. The van der Waals surface area contributed by atoms with Crippen LogP contribution in [0.15, 0.2) is 51.7 Å². The van der Waals surface area contributed by atoms with E-state index in [1.54, 1.807) is 0 Å². The molecule has 0 atom stereocenters. The standard InChI is InChI=1S/C19H13NO2/c21-19-15-10-17-14(11-5-1-3-7-16(11)20-17)9-13(15)12-6-2-4-8-18(12)22-19/h1,3-5,7-10,20H,2,6H2. The lowest BCUT2D eigenvalue weighted by Crippen LogP contribution is -2.06. The van der Waals surface area contributed by atoms with Gasteiger partial charge in [-0.3, -0.25) is 0 Å². The van der Waals surface area contributed by atoms with Crippen molar-refractivity contribution in [2.24, 2.45) is 0 Å². The second-order valence-electron chi connectivity index (χ2n) is 5.79. The predicted molar refractivity (Wildman–Crippen MR) is 89.2 cm³/mol. The molecule has 1 aliphatic rings. The van der Waals surface area contributed by atoms with Gasteiger partial charge in [0.15, 0.2) is 0 Å². The van der Waals surface area contributed by atoms with Crippen LogP contribution in [0.25, 0.3) is 38.7 Å². The number of fused-ring (bicyclic) bond motifs is 6. The van der Waals surface area contributed by atoms with Crippen molar-refractivity contribution in [1.29, 1.82) is 0 Å². The van der Waals surface area contributed by atoms with Crippen molar-refractivity contribution < 1.29 is 4.42 Å². The Morgan fingerprint density at radius 2 is 1.86 bits per heavy atom. The first-order valence-electron chi connectivity index (χ1n) is 7.48. The molecule has 0 bridgehead atoms. The molecule has 0 spiro atoms. The van der Waals surface area contributed by atoms with Crippen molar-refractivity contribution in [2.75, 3.05) is 0 Å². The number of aryl methyl sites for hydroxylation is 1. The van der Waals surface area contributed by atoms with E-state index < -0.39 is 0 Å². The van der Waals surface area contributed by atoms with Gasteiger partial charge >= 0.3 is 5.63 Å². The molecule has 4 aromatic rings. The first kappa shape index (κ1) is 11.8. The molecule has 0 amide bonds. The maximum atomic E-state index is 12.3. The molecule has 0 saturated carbocycles. The van der Waals surface area contributed by atoms with Gasteiger partial charge in [-0.25, -0.2) is 4.79 Å². The van der Waals surface area contributed by atoms with Crippen molar-refractivity contribution in [1.82, 2.24) is 4.98 Å². The molecule has 1 aliphatic carbocycles. The Balaban J connectivity index is 2.03. The molecule has 2 aromatic carbocycles. The van der Waals surface area contributed by atoms with Gasteiger partial charge in [0.05, 0.1) is 5.39 Å². The first-order chi connectivity index (χ1) is 10.8. The zero-order valence-corrected chi connectivity index (χ0v) is 11.8. The third-order valence-corrected chi connectivity index (χ3v) is 4.52. The molecule has 0 fully saturated rings. The quantitative estimate of drug-likeness (QED) is 0.521. The van der Waals surface area contributed by atoms with E-state index in [-0.39, 0.29) is 5.63 Å². The summed E-state index contributed by atoms with van der Waals surface area (Å²) in [4.78, 5) is 15.7. The van der Waals surface area contributed by atoms with Gasteiger partial charge in [0.1, 0.15) is 5.76 Å². The summed E-state index contributed by atoms with van der Waals surface area (Å²) in [6.45, 7) is 0. The molecule has 2 heterocycles. The SMILES string of the molecule is O=c1oc2c(c3cc4c(cc13)[nH]c1ccccc14)CCC=C2. The number of hydrogen-bond donors (Lipinski definition) is 1. The zero-order chi connectivity index (χ0) is 14.7. The van der Waals surface area contributed by atoms with Gasteiger partial charge in [-0.05, 0) is 42.5 Å². The number of aromatic nitrogens is 1. The van der Waals surface area contributed by atoms with Gasteiger partial charge in [-0.15, -0.1) is 0 Å². The lowest BCUT2D eigenvalue weighted by molar-refractivity contribution is 0.501. The number of rotatable bonds is 0. The van der Waals surface area contributed by atoms with Crippen molar-refractivity contribution in [3.63, 3.8) is 0 Å². The number of nitrogens with one attached hydrogen (secondary N) is 1. The summed E-state index contributed by atoms with van der Waals surface area (Å²) < 4.78 is 5.48. The lowest BCUT2D eigenvalue weighted by Gasteiger charge is -2.11. The molecule has 1 N–H and O–H groups in total. The highest BCUT2D eigenvalue weighted by atomic mass is 16.4. The maximum absolute atomic E-state index is 12.3. The van der Waals surface area contributed by atoms with E-state index in [0.717, 1.165) is 40.2 Å². The van der Waals surface area contributed by atoms with Crippen LogP contribution in [0.1, 0.15) is 17.7 Å². The average molecular weight is 287 g/mol. The van der Waals surface area contributed by atoms with Crippen molar-refractivity contribution in [2.45, 2.75) is 12.8 Å². The smallest absolute Gasteiger partial charge is 0.344 e. The molecule has 0 saturated heterocycles. The monoisotopic (exact) mass is 287 g/mol. The maximum Gasteiger partial charge on any atom is 0.344 e. The van der Waals surface area contributed by atoms with E-state index in [1.165, 1.54) is 5.39 Å². The highest BCUT2D eigenvalue weighted by Crippen LogP contribution is 2.32. The van der Waals surface area contributed by atoms with Crippen LogP contribution in [-0.4, -0.2) is 4.98 Å². The van der Waals surface area contributed by atoms with Gasteiger partial charge in [-0.2, -0.15) is 0 Å². The Morgan fingerprint density at radius 1 is 0.955 bits per heavy atom. The highest BCUT2D eigenvalue weighted by Gasteiger charge is 2.16. The number of aromatic amines is 1. The van der Waals surface area contributed by atoms with Crippen molar-refractivity contribution in [3.05, 3.63) is 64.2 Å². The summed E-state index contributed by atoms with van der Waals surface area (Å²) >= 11 is 0. The van der Waals surface area contributed by atoms with Crippen LogP contribution < -0.4 is 5.63 Å². The number of para-hydroxylation sites is 1. The lowest BCUT2D eigenvalue weighted by atomic mass is 9.96. The van der Waals surface area contributed by atoms with E-state index in [1.807, 2.05) is 24.3 Å². The van der Waals surface area contributed by atoms with Crippen LogP contribution in [0.2, 0.25) is 0 Å². The molecule has 3 nitrogen and oxygen atoms in total. The van der Waals surface area contributed by atoms with E-state index in [4.69, 9.17) is 4.42 Å². The van der Waals surface area contributed by atoms with E-state index in [2.05, 4.69) is 29.3 Å². The second kappa shape index (κ2) is 4.10. The predicted octanol–water partition coefficient (Wildman–Crippen LogP) is 4.39. The van der Waals surface area contributed by atoms with Gasteiger partial charge in [0.2, 0.25) is 0 Å². The molecular formula is C19H13NO2. The van der Waals surface area contributed by atoms with Gasteiger partial charge in [0, 0.05) is 27.4 Å². The summed E-state index contributed by atoms with van der Waals surface area (Å²) in [5, 5.41) is 4.03. The largest absolute Gasteiger partial charge is 0.423 e. The van der Waals surface area contributed by atoms with Crippen LogP contribution in [0.5, 0.6) is 0 Å². The Hall–Kier alpha value is -2.81. The Morgan fingerprint density at radius 3 is 2.82 bits per heavy atom. The fourth-order valence-corrected chi connectivity index (χ4v) is 3.48. The third-order valence-electron chi connectivity index (χ3n) is 4.52. The molecule has 22 heavy (non-hydrogen) atoms. The molecular weight excluding hydrogens is 274 g/mol. The van der Waals surface area contributed by atoms with Crippen molar-refractivity contribution >= 4 is 38.7 Å². The summed E-state index contributed by atoms with van der Waals surface area (Å²) in [7, 11) is 0.